The fraction of sp³-hybridized carbons (Fsp3) is 0.0400. The molecule has 5 nitrogen and oxygen atoms in total. The Balaban J connectivity index is 1.61. The van der Waals surface area contributed by atoms with E-state index in [2.05, 4.69) is 10.5 Å². The van der Waals surface area contributed by atoms with E-state index >= 15 is 0 Å². The van der Waals surface area contributed by atoms with Crippen molar-refractivity contribution in [3.63, 3.8) is 0 Å². The van der Waals surface area contributed by atoms with E-state index in [1.54, 1.807) is 18.3 Å². The number of hydrazone groups is 1. The number of amides is 1. The van der Waals surface area contributed by atoms with Crippen LogP contribution in [-0.2, 0) is 6.61 Å². The van der Waals surface area contributed by atoms with Gasteiger partial charge in [0, 0.05) is 16.1 Å². The number of hydrogen-bond donors (Lipinski definition) is 2. The summed E-state index contributed by atoms with van der Waals surface area (Å²) in [7, 11) is 0. The Labute approximate surface area is 184 Å². The molecular formula is C25H19ClN2O3. The van der Waals surface area contributed by atoms with E-state index in [9.17, 15) is 9.90 Å². The molecular weight excluding hydrogens is 412 g/mol. The zero-order chi connectivity index (χ0) is 21.6. The van der Waals surface area contributed by atoms with Crippen LogP contribution in [0.25, 0.3) is 10.8 Å². The molecule has 0 atom stereocenters. The van der Waals surface area contributed by atoms with E-state index in [-0.39, 0.29) is 11.3 Å². The molecule has 0 aromatic heterocycles. The lowest BCUT2D eigenvalue weighted by atomic mass is 10.0. The highest BCUT2D eigenvalue weighted by atomic mass is 35.5. The molecule has 6 heteroatoms. The van der Waals surface area contributed by atoms with Crippen LogP contribution in [0.5, 0.6) is 11.5 Å². The second-order valence-corrected chi connectivity index (χ2v) is 7.20. The maximum atomic E-state index is 12.3. The van der Waals surface area contributed by atoms with Gasteiger partial charge in [-0.2, -0.15) is 5.10 Å². The number of nitrogens with zero attached hydrogens (tertiary/aromatic N) is 1. The quantitative estimate of drug-likeness (QED) is 0.311. The first-order valence-corrected chi connectivity index (χ1v) is 10.0. The van der Waals surface area contributed by atoms with Crippen molar-refractivity contribution in [2.45, 2.75) is 6.61 Å². The topological polar surface area (TPSA) is 70.9 Å². The van der Waals surface area contributed by atoms with Crippen molar-refractivity contribution in [2.24, 2.45) is 5.10 Å². The SMILES string of the molecule is O=C(N/N=C/c1c(OCc2ccccc2Cl)ccc2ccccc12)c1ccccc1O. The molecule has 2 N–H and O–H groups in total. The summed E-state index contributed by atoms with van der Waals surface area (Å²) in [6.45, 7) is 0.295. The van der Waals surface area contributed by atoms with Gasteiger partial charge in [0.2, 0.25) is 0 Å². The highest BCUT2D eigenvalue weighted by Crippen LogP contribution is 2.28. The molecule has 0 bridgehead atoms. The van der Waals surface area contributed by atoms with E-state index < -0.39 is 5.91 Å². The molecule has 0 aliphatic rings. The first-order chi connectivity index (χ1) is 15.1. The number of hydrogen-bond acceptors (Lipinski definition) is 4. The number of carbonyl (C=O) groups excluding carboxylic acids is 1. The molecule has 0 aliphatic carbocycles. The van der Waals surface area contributed by atoms with Crippen LogP contribution in [0, 0.1) is 0 Å². The second-order valence-electron chi connectivity index (χ2n) is 6.79. The normalized spacial score (nSPS) is 11.0. The highest BCUT2D eigenvalue weighted by Gasteiger charge is 2.11. The summed E-state index contributed by atoms with van der Waals surface area (Å²) in [5, 5.41) is 16.5. The molecule has 0 aliphatic heterocycles. The standard InChI is InChI=1S/C25H19ClN2O3/c26-22-11-5-2-8-18(22)16-31-24-14-13-17-7-1-3-9-19(17)21(24)15-27-28-25(30)20-10-4-6-12-23(20)29/h1-15,29H,16H2,(H,28,30)/b27-15+. The Morgan fingerprint density at radius 3 is 2.55 bits per heavy atom. The third-order valence-electron chi connectivity index (χ3n) is 4.78. The van der Waals surface area contributed by atoms with Crippen LogP contribution in [0.3, 0.4) is 0 Å². The fourth-order valence-electron chi connectivity index (χ4n) is 3.19. The number of phenols is 1. The first-order valence-electron chi connectivity index (χ1n) is 9.63. The number of ether oxygens (including phenoxy) is 1. The Hall–Kier alpha value is -3.83. The van der Waals surface area contributed by atoms with Gasteiger partial charge in [-0.15, -0.1) is 0 Å². The molecule has 4 rings (SSSR count). The molecule has 0 saturated carbocycles. The van der Waals surface area contributed by atoms with Gasteiger partial charge in [-0.25, -0.2) is 5.43 Å². The Bertz CT molecular complexity index is 1270. The van der Waals surface area contributed by atoms with E-state index in [0.29, 0.717) is 17.4 Å². The number of phenolic OH excluding ortho intramolecular Hbond substituents is 1. The number of nitrogens with one attached hydrogen (secondary N) is 1. The minimum atomic E-state index is -0.506. The van der Waals surface area contributed by atoms with E-state index in [4.69, 9.17) is 16.3 Å². The molecule has 0 saturated heterocycles. The van der Waals surface area contributed by atoms with Gasteiger partial charge in [-0.1, -0.05) is 72.3 Å². The lowest BCUT2D eigenvalue weighted by Gasteiger charge is -2.12. The molecule has 0 spiro atoms. The van der Waals surface area contributed by atoms with Crippen molar-refractivity contribution in [2.75, 3.05) is 0 Å². The van der Waals surface area contributed by atoms with Crippen LogP contribution >= 0.6 is 11.6 Å². The van der Waals surface area contributed by atoms with Crippen molar-refractivity contribution in [1.82, 2.24) is 5.43 Å². The molecule has 4 aromatic carbocycles. The van der Waals surface area contributed by atoms with Gasteiger partial charge < -0.3 is 9.84 Å². The van der Waals surface area contributed by atoms with E-state index in [0.717, 1.165) is 21.9 Å². The number of carbonyl (C=O) groups is 1. The lowest BCUT2D eigenvalue weighted by molar-refractivity contribution is 0.0952. The lowest BCUT2D eigenvalue weighted by Crippen LogP contribution is -2.17. The fourth-order valence-corrected chi connectivity index (χ4v) is 3.38. The number of aromatic hydroxyl groups is 1. The summed E-state index contributed by atoms with van der Waals surface area (Å²) in [6.07, 6.45) is 1.54. The summed E-state index contributed by atoms with van der Waals surface area (Å²) >= 11 is 6.24. The van der Waals surface area contributed by atoms with Crippen LogP contribution in [0.2, 0.25) is 5.02 Å². The number of halogens is 1. The minimum Gasteiger partial charge on any atom is -0.507 e. The van der Waals surface area contributed by atoms with Crippen LogP contribution in [0.1, 0.15) is 21.5 Å². The average Bonchev–Trinajstić information content (AvgIpc) is 2.79. The molecule has 0 radical (unpaired) electrons. The van der Waals surface area contributed by atoms with Gasteiger partial charge in [0.25, 0.3) is 5.91 Å². The number of fused-ring (bicyclic) bond motifs is 1. The molecule has 31 heavy (non-hydrogen) atoms. The number of benzene rings is 4. The summed E-state index contributed by atoms with van der Waals surface area (Å²) in [5.41, 5.74) is 4.20. The number of para-hydroxylation sites is 1. The van der Waals surface area contributed by atoms with Crippen molar-refractivity contribution >= 4 is 34.5 Å². The van der Waals surface area contributed by atoms with Crippen LogP contribution in [-0.4, -0.2) is 17.2 Å². The molecule has 0 heterocycles. The van der Waals surface area contributed by atoms with Gasteiger partial charge in [-0.3, -0.25) is 4.79 Å². The van der Waals surface area contributed by atoms with Crippen LogP contribution in [0.15, 0.2) is 90.0 Å². The molecule has 0 fully saturated rings. The third-order valence-corrected chi connectivity index (χ3v) is 5.15. The van der Waals surface area contributed by atoms with Crippen molar-refractivity contribution < 1.29 is 14.6 Å². The Kier molecular flexibility index (Phi) is 6.15. The molecule has 0 unspecified atom stereocenters. The van der Waals surface area contributed by atoms with Gasteiger partial charge in [-0.05, 0) is 35.0 Å². The maximum absolute atomic E-state index is 12.3. The Morgan fingerprint density at radius 2 is 1.71 bits per heavy atom. The Morgan fingerprint density at radius 1 is 0.968 bits per heavy atom. The summed E-state index contributed by atoms with van der Waals surface area (Å²) in [4.78, 5) is 12.3. The van der Waals surface area contributed by atoms with Gasteiger partial charge in [0.05, 0.1) is 11.8 Å². The summed E-state index contributed by atoms with van der Waals surface area (Å²) in [5.74, 6) is -0.00331. The smallest absolute Gasteiger partial charge is 0.275 e. The maximum Gasteiger partial charge on any atom is 0.275 e. The molecule has 154 valence electrons. The van der Waals surface area contributed by atoms with Crippen molar-refractivity contribution in [3.8, 4) is 11.5 Å². The van der Waals surface area contributed by atoms with Crippen molar-refractivity contribution in [1.29, 1.82) is 0 Å². The highest BCUT2D eigenvalue weighted by molar-refractivity contribution is 6.31. The van der Waals surface area contributed by atoms with E-state index in [1.165, 1.54) is 12.1 Å². The first kappa shape index (κ1) is 20.4. The minimum absolute atomic E-state index is 0.107. The predicted molar refractivity (Wildman–Crippen MR) is 123 cm³/mol. The zero-order valence-electron chi connectivity index (χ0n) is 16.5. The van der Waals surface area contributed by atoms with Gasteiger partial charge in [0.1, 0.15) is 18.1 Å². The largest absolute Gasteiger partial charge is 0.507 e. The molecule has 1 amide bonds. The number of rotatable bonds is 6. The van der Waals surface area contributed by atoms with Gasteiger partial charge >= 0.3 is 0 Å². The predicted octanol–water partition coefficient (Wildman–Crippen LogP) is 5.54. The van der Waals surface area contributed by atoms with Gasteiger partial charge in [0.15, 0.2) is 0 Å². The second kappa shape index (κ2) is 9.32. The van der Waals surface area contributed by atoms with Crippen molar-refractivity contribution in [3.05, 3.63) is 107 Å². The summed E-state index contributed by atoms with van der Waals surface area (Å²) in [6, 6.07) is 25.5. The zero-order valence-corrected chi connectivity index (χ0v) is 17.2. The summed E-state index contributed by atoms with van der Waals surface area (Å²) < 4.78 is 6.05. The van der Waals surface area contributed by atoms with Crippen LogP contribution in [0.4, 0.5) is 0 Å². The molecule has 4 aromatic rings. The third kappa shape index (κ3) is 4.68. The van der Waals surface area contributed by atoms with E-state index in [1.807, 2.05) is 60.7 Å². The average molecular weight is 431 g/mol. The monoisotopic (exact) mass is 430 g/mol. The van der Waals surface area contributed by atoms with Crippen LogP contribution < -0.4 is 10.2 Å².